The Morgan fingerprint density at radius 1 is 1.22 bits per heavy atom. The summed E-state index contributed by atoms with van der Waals surface area (Å²) in [6.45, 7) is 11.9. The maximum atomic E-state index is 6.10. The average molecular weight is 269 g/mol. The summed E-state index contributed by atoms with van der Waals surface area (Å²) in [6.07, 6.45) is 1.20. The molecular weight excluding hydrogens is 244 g/mol. The van der Waals surface area contributed by atoms with E-state index in [1.165, 1.54) is 18.5 Å². The Morgan fingerprint density at radius 3 is 2.56 bits per heavy atom. The first-order valence-electron chi connectivity index (χ1n) is 6.85. The lowest BCUT2D eigenvalue weighted by atomic mass is 10.1. The third kappa shape index (κ3) is 5.38. The zero-order chi connectivity index (χ0) is 13.4. The van der Waals surface area contributed by atoms with Crippen molar-refractivity contribution in [2.24, 2.45) is 0 Å². The zero-order valence-corrected chi connectivity index (χ0v) is 12.6. The molecule has 1 N–H and O–H groups in total. The van der Waals surface area contributed by atoms with Gasteiger partial charge < -0.3 is 10.2 Å². The lowest BCUT2D eigenvalue weighted by molar-refractivity contribution is 0.298. The predicted octanol–water partition coefficient (Wildman–Crippen LogP) is 3.47. The third-order valence-corrected chi connectivity index (χ3v) is 3.69. The van der Waals surface area contributed by atoms with E-state index in [0.717, 1.165) is 36.8 Å². The van der Waals surface area contributed by atoms with Crippen LogP contribution in [-0.2, 0) is 6.54 Å². The van der Waals surface area contributed by atoms with Gasteiger partial charge in [0.15, 0.2) is 0 Å². The van der Waals surface area contributed by atoms with Crippen LogP contribution in [0, 0.1) is 6.92 Å². The Bertz CT molecular complexity index is 348. The van der Waals surface area contributed by atoms with E-state index in [0.29, 0.717) is 0 Å². The maximum Gasteiger partial charge on any atom is 0.0438 e. The van der Waals surface area contributed by atoms with Crippen molar-refractivity contribution in [2.45, 2.75) is 33.7 Å². The molecule has 0 amide bonds. The highest BCUT2D eigenvalue weighted by molar-refractivity contribution is 6.31. The van der Waals surface area contributed by atoms with E-state index >= 15 is 0 Å². The molecule has 0 atom stereocenters. The Labute approximate surface area is 116 Å². The van der Waals surface area contributed by atoms with Crippen molar-refractivity contribution in [3.05, 3.63) is 34.3 Å². The van der Waals surface area contributed by atoms with Crippen molar-refractivity contribution in [3.8, 4) is 0 Å². The molecule has 0 aliphatic carbocycles. The van der Waals surface area contributed by atoms with Crippen LogP contribution in [0.1, 0.15) is 31.4 Å². The molecule has 0 saturated heterocycles. The first-order chi connectivity index (χ1) is 8.67. The average Bonchev–Trinajstić information content (AvgIpc) is 2.38. The van der Waals surface area contributed by atoms with Gasteiger partial charge in [0.2, 0.25) is 0 Å². The summed E-state index contributed by atoms with van der Waals surface area (Å²) in [5.41, 5.74) is 2.40. The highest BCUT2D eigenvalue weighted by Gasteiger charge is 1.99. The Hall–Kier alpha value is -0.570. The summed E-state index contributed by atoms with van der Waals surface area (Å²) < 4.78 is 0. The lowest BCUT2D eigenvalue weighted by Crippen LogP contribution is -2.27. The number of nitrogens with one attached hydrogen (secondary N) is 1. The molecule has 0 radical (unpaired) electrons. The third-order valence-electron chi connectivity index (χ3n) is 3.29. The normalized spacial score (nSPS) is 11.2. The molecule has 1 aromatic carbocycles. The Morgan fingerprint density at radius 2 is 1.94 bits per heavy atom. The number of benzene rings is 1. The second-order valence-electron chi connectivity index (χ2n) is 4.64. The molecule has 0 aromatic heterocycles. The number of hydrogen-bond donors (Lipinski definition) is 1. The van der Waals surface area contributed by atoms with Gasteiger partial charge in [0.1, 0.15) is 0 Å². The summed E-state index contributed by atoms with van der Waals surface area (Å²) >= 11 is 6.10. The van der Waals surface area contributed by atoms with Crippen LogP contribution in [0.15, 0.2) is 18.2 Å². The van der Waals surface area contributed by atoms with Gasteiger partial charge in [0.25, 0.3) is 0 Å². The number of aryl methyl sites for hydroxylation is 1. The lowest BCUT2D eigenvalue weighted by Gasteiger charge is -2.17. The first-order valence-corrected chi connectivity index (χ1v) is 7.23. The zero-order valence-electron chi connectivity index (χ0n) is 11.8. The fourth-order valence-corrected chi connectivity index (χ4v) is 2.15. The van der Waals surface area contributed by atoms with Crippen LogP contribution < -0.4 is 5.32 Å². The van der Waals surface area contributed by atoms with Crippen molar-refractivity contribution in [3.63, 3.8) is 0 Å². The topological polar surface area (TPSA) is 15.3 Å². The van der Waals surface area contributed by atoms with E-state index < -0.39 is 0 Å². The number of hydrogen-bond acceptors (Lipinski definition) is 2. The standard InChI is InChI=1S/C15H25ClN2/c1-4-18(5-2)10-6-9-17-12-14-8-7-13(3)15(16)11-14/h7-8,11,17H,4-6,9-10,12H2,1-3H3. The molecule has 0 bridgehead atoms. The van der Waals surface area contributed by atoms with Crippen LogP contribution in [-0.4, -0.2) is 31.1 Å². The van der Waals surface area contributed by atoms with Gasteiger partial charge in [-0.15, -0.1) is 0 Å². The van der Waals surface area contributed by atoms with Crippen molar-refractivity contribution >= 4 is 11.6 Å². The fourth-order valence-electron chi connectivity index (χ4n) is 1.95. The number of nitrogens with zero attached hydrogens (tertiary/aromatic N) is 1. The number of rotatable bonds is 8. The molecule has 0 spiro atoms. The van der Waals surface area contributed by atoms with Crippen molar-refractivity contribution in [1.29, 1.82) is 0 Å². The van der Waals surface area contributed by atoms with E-state index in [2.05, 4.69) is 36.2 Å². The van der Waals surface area contributed by atoms with Crippen LogP contribution in [0.2, 0.25) is 5.02 Å². The van der Waals surface area contributed by atoms with Gasteiger partial charge in [-0.2, -0.15) is 0 Å². The molecule has 3 heteroatoms. The minimum absolute atomic E-state index is 0.859. The summed E-state index contributed by atoms with van der Waals surface area (Å²) in [4.78, 5) is 2.45. The van der Waals surface area contributed by atoms with Gasteiger partial charge in [0.05, 0.1) is 0 Å². The Kier molecular flexibility index (Phi) is 7.33. The highest BCUT2D eigenvalue weighted by Crippen LogP contribution is 2.16. The second-order valence-corrected chi connectivity index (χ2v) is 5.05. The fraction of sp³-hybridized carbons (Fsp3) is 0.600. The SMILES string of the molecule is CCN(CC)CCCNCc1ccc(C)c(Cl)c1. The molecule has 0 unspecified atom stereocenters. The molecule has 1 aromatic rings. The monoisotopic (exact) mass is 268 g/mol. The van der Waals surface area contributed by atoms with Gasteiger partial charge in [-0.05, 0) is 56.7 Å². The van der Waals surface area contributed by atoms with Gasteiger partial charge >= 0.3 is 0 Å². The molecule has 0 aliphatic rings. The Balaban J connectivity index is 2.19. The van der Waals surface area contributed by atoms with E-state index in [9.17, 15) is 0 Å². The van der Waals surface area contributed by atoms with Gasteiger partial charge in [0, 0.05) is 11.6 Å². The van der Waals surface area contributed by atoms with Gasteiger partial charge in [-0.3, -0.25) is 0 Å². The molecule has 0 saturated carbocycles. The van der Waals surface area contributed by atoms with Crippen molar-refractivity contribution < 1.29 is 0 Å². The summed E-state index contributed by atoms with van der Waals surface area (Å²) in [5.74, 6) is 0. The van der Waals surface area contributed by atoms with Crippen molar-refractivity contribution in [2.75, 3.05) is 26.2 Å². The smallest absolute Gasteiger partial charge is 0.0438 e. The minimum atomic E-state index is 0.859. The molecular formula is C15H25ClN2. The van der Waals surface area contributed by atoms with Crippen LogP contribution in [0.3, 0.4) is 0 Å². The van der Waals surface area contributed by atoms with Gasteiger partial charge in [-0.1, -0.05) is 37.6 Å². The largest absolute Gasteiger partial charge is 0.313 e. The van der Waals surface area contributed by atoms with Crippen LogP contribution in [0.4, 0.5) is 0 Å². The van der Waals surface area contributed by atoms with E-state index in [-0.39, 0.29) is 0 Å². The van der Waals surface area contributed by atoms with Crippen LogP contribution >= 0.6 is 11.6 Å². The van der Waals surface area contributed by atoms with Crippen LogP contribution in [0.5, 0.6) is 0 Å². The molecule has 1 rings (SSSR count). The van der Waals surface area contributed by atoms with E-state index in [1.807, 2.05) is 13.0 Å². The number of halogens is 1. The molecule has 0 fully saturated rings. The molecule has 0 heterocycles. The summed E-state index contributed by atoms with van der Waals surface area (Å²) in [7, 11) is 0. The second kappa shape index (κ2) is 8.52. The van der Waals surface area contributed by atoms with E-state index in [1.54, 1.807) is 0 Å². The van der Waals surface area contributed by atoms with Gasteiger partial charge in [-0.25, -0.2) is 0 Å². The highest BCUT2D eigenvalue weighted by atomic mass is 35.5. The minimum Gasteiger partial charge on any atom is -0.313 e. The molecule has 18 heavy (non-hydrogen) atoms. The quantitative estimate of drug-likeness (QED) is 0.727. The summed E-state index contributed by atoms with van der Waals surface area (Å²) in [6, 6.07) is 6.27. The molecule has 0 aliphatic heterocycles. The van der Waals surface area contributed by atoms with Crippen LogP contribution in [0.25, 0.3) is 0 Å². The summed E-state index contributed by atoms with van der Waals surface area (Å²) in [5, 5.41) is 4.33. The molecule has 102 valence electrons. The van der Waals surface area contributed by atoms with E-state index in [4.69, 9.17) is 11.6 Å². The predicted molar refractivity (Wildman–Crippen MR) is 80.3 cm³/mol. The van der Waals surface area contributed by atoms with Crippen molar-refractivity contribution in [1.82, 2.24) is 10.2 Å². The molecule has 2 nitrogen and oxygen atoms in total. The maximum absolute atomic E-state index is 6.10. The first kappa shape index (κ1) is 15.5.